The number of nitro groups is 1. The maximum absolute atomic E-state index is 12.3. The number of nitrogens with zero attached hydrogens (tertiary/aromatic N) is 1. The molecule has 1 atom stereocenters. The third-order valence-corrected chi connectivity index (χ3v) is 3.65. The second kappa shape index (κ2) is 7.06. The van der Waals surface area contributed by atoms with E-state index in [1.807, 2.05) is 0 Å². The van der Waals surface area contributed by atoms with Crippen LogP contribution in [0.15, 0.2) is 6.07 Å². The van der Waals surface area contributed by atoms with E-state index < -0.39 is 34.1 Å². The molecule has 0 bridgehead atoms. The molecule has 0 saturated heterocycles. The molecule has 122 valence electrons. The normalized spacial score (nSPS) is 12.6. The molecular formula is C13H16ClNO6S. The summed E-state index contributed by atoms with van der Waals surface area (Å²) in [5, 5.41) is 11.1. The SMILES string of the molecule is CCOC(=O)C(C(=O)OC(C)(C)C)c1sc(Cl)cc1[N+](=O)[O-]. The standard InChI is InChI=1S/C13H16ClNO6S/c1-5-20-11(16)9(12(17)21-13(2,3)4)10-7(15(18)19)6-8(14)22-10/h6,9H,5H2,1-4H3. The Morgan fingerprint density at radius 1 is 1.41 bits per heavy atom. The minimum atomic E-state index is -1.53. The number of carbonyl (C=O) groups is 2. The Kier molecular flexibility index (Phi) is 5.90. The van der Waals surface area contributed by atoms with Gasteiger partial charge in [-0.05, 0) is 27.7 Å². The van der Waals surface area contributed by atoms with Crippen molar-refractivity contribution in [3.8, 4) is 0 Å². The van der Waals surface area contributed by atoms with Gasteiger partial charge in [0.2, 0.25) is 0 Å². The van der Waals surface area contributed by atoms with Gasteiger partial charge in [0, 0.05) is 6.07 Å². The van der Waals surface area contributed by atoms with E-state index in [2.05, 4.69) is 0 Å². The molecule has 0 fully saturated rings. The fourth-order valence-electron chi connectivity index (χ4n) is 1.61. The smallest absolute Gasteiger partial charge is 0.326 e. The Morgan fingerprint density at radius 2 is 2.00 bits per heavy atom. The van der Waals surface area contributed by atoms with Crippen LogP contribution in [0.4, 0.5) is 5.69 Å². The second-order valence-electron chi connectivity index (χ2n) is 5.28. The van der Waals surface area contributed by atoms with Gasteiger partial charge in [0.25, 0.3) is 5.69 Å². The number of hydrogen-bond donors (Lipinski definition) is 0. The molecule has 0 aliphatic carbocycles. The van der Waals surface area contributed by atoms with Crippen molar-refractivity contribution in [2.75, 3.05) is 6.61 Å². The summed E-state index contributed by atoms with van der Waals surface area (Å²) in [6, 6.07) is 1.10. The molecule has 0 saturated carbocycles. The van der Waals surface area contributed by atoms with E-state index >= 15 is 0 Å². The van der Waals surface area contributed by atoms with Gasteiger partial charge < -0.3 is 9.47 Å². The molecular weight excluding hydrogens is 334 g/mol. The van der Waals surface area contributed by atoms with Gasteiger partial charge in [0.15, 0.2) is 5.92 Å². The molecule has 0 radical (unpaired) electrons. The van der Waals surface area contributed by atoms with Crippen molar-refractivity contribution in [1.82, 2.24) is 0 Å². The zero-order valence-electron chi connectivity index (χ0n) is 12.5. The summed E-state index contributed by atoms with van der Waals surface area (Å²) in [5.41, 5.74) is -1.25. The molecule has 7 nitrogen and oxygen atoms in total. The van der Waals surface area contributed by atoms with Gasteiger partial charge in [-0.25, -0.2) is 0 Å². The summed E-state index contributed by atoms with van der Waals surface area (Å²) in [6.45, 7) is 6.49. The number of carbonyl (C=O) groups excluding carboxylic acids is 2. The van der Waals surface area contributed by atoms with Crippen LogP contribution >= 0.6 is 22.9 Å². The Bertz CT molecular complexity index is 592. The molecule has 1 rings (SSSR count). The van der Waals surface area contributed by atoms with Gasteiger partial charge in [-0.1, -0.05) is 11.6 Å². The van der Waals surface area contributed by atoms with Crippen molar-refractivity contribution >= 4 is 40.6 Å². The second-order valence-corrected chi connectivity index (χ2v) is 6.99. The number of rotatable bonds is 5. The highest BCUT2D eigenvalue weighted by molar-refractivity contribution is 7.17. The van der Waals surface area contributed by atoms with Crippen LogP contribution in [0.3, 0.4) is 0 Å². The first-order valence-corrected chi connectivity index (χ1v) is 7.59. The van der Waals surface area contributed by atoms with Crippen LogP contribution in [-0.4, -0.2) is 29.1 Å². The fourth-order valence-corrected chi connectivity index (χ4v) is 2.89. The lowest BCUT2D eigenvalue weighted by atomic mass is 10.1. The van der Waals surface area contributed by atoms with Crippen LogP contribution in [0.5, 0.6) is 0 Å². The molecule has 22 heavy (non-hydrogen) atoms. The van der Waals surface area contributed by atoms with Crippen LogP contribution in [0.2, 0.25) is 4.34 Å². The van der Waals surface area contributed by atoms with Crippen molar-refractivity contribution in [2.45, 2.75) is 39.2 Å². The van der Waals surface area contributed by atoms with Crippen LogP contribution < -0.4 is 0 Å². The van der Waals surface area contributed by atoms with Gasteiger partial charge in [-0.2, -0.15) is 0 Å². The number of ether oxygens (including phenoxy) is 2. The van der Waals surface area contributed by atoms with E-state index in [0.717, 1.165) is 17.4 Å². The topological polar surface area (TPSA) is 95.7 Å². The molecule has 0 aliphatic heterocycles. The van der Waals surface area contributed by atoms with E-state index in [9.17, 15) is 19.7 Å². The maximum Gasteiger partial charge on any atom is 0.326 e. The monoisotopic (exact) mass is 349 g/mol. The van der Waals surface area contributed by atoms with E-state index in [-0.39, 0.29) is 15.8 Å². The zero-order valence-corrected chi connectivity index (χ0v) is 14.1. The Morgan fingerprint density at radius 3 is 2.45 bits per heavy atom. The van der Waals surface area contributed by atoms with Crippen molar-refractivity contribution in [2.24, 2.45) is 0 Å². The average molecular weight is 350 g/mol. The van der Waals surface area contributed by atoms with Gasteiger partial charge in [0.05, 0.1) is 11.5 Å². The first kappa shape index (κ1) is 18.4. The molecule has 1 aromatic heterocycles. The fraction of sp³-hybridized carbons (Fsp3) is 0.538. The Hall–Kier alpha value is -1.67. The molecule has 9 heteroatoms. The van der Waals surface area contributed by atoms with Crippen molar-refractivity contribution in [3.05, 3.63) is 25.4 Å². The zero-order chi connectivity index (χ0) is 17.1. The minimum absolute atomic E-state index is 0.0328. The van der Waals surface area contributed by atoms with E-state index in [1.54, 1.807) is 27.7 Å². The first-order valence-electron chi connectivity index (χ1n) is 6.40. The van der Waals surface area contributed by atoms with Crippen molar-refractivity contribution in [3.63, 3.8) is 0 Å². The molecule has 1 heterocycles. The molecule has 0 amide bonds. The molecule has 0 N–H and O–H groups in total. The van der Waals surface area contributed by atoms with Gasteiger partial charge in [-0.15, -0.1) is 11.3 Å². The van der Waals surface area contributed by atoms with E-state index in [4.69, 9.17) is 21.1 Å². The molecule has 1 unspecified atom stereocenters. The quantitative estimate of drug-likeness (QED) is 0.350. The Labute approximate surface area is 136 Å². The van der Waals surface area contributed by atoms with Crippen molar-refractivity contribution in [1.29, 1.82) is 0 Å². The third kappa shape index (κ3) is 4.67. The van der Waals surface area contributed by atoms with E-state index in [1.165, 1.54) is 0 Å². The average Bonchev–Trinajstić information content (AvgIpc) is 2.69. The first-order chi connectivity index (χ1) is 10.1. The summed E-state index contributed by atoms with van der Waals surface area (Å²) in [4.78, 5) is 34.6. The largest absolute Gasteiger partial charge is 0.465 e. The molecule has 1 aromatic rings. The van der Waals surface area contributed by atoms with Crippen LogP contribution in [0, 0.1) is 10.1 Å². The van der Waals surface area contributed by atoms with Crippen LogP contribution in [-0.2, 0) is 19.1 Å². The number of halogens is 1. The third-order valence-electron chi connectivity index (χ3n) is 2.33. The summed E-state index contributed by atoms with van der Waals surface area (Å²) in [7, 11) is 0. The van der Waals surface area contributed by atoms with Gasteiger partial charge >= 0.3 is 11.9 Å². The highest BCUT2D eigenvalue weighted by Crippen LogP contribution is 2.39. The minimum Gasteiger partial charge on any atom is -0.465 e. The number of esters is 2. The van der Waals surface area contributed by atoms with Crippen molar-refractivity contribution < 1.29 is 24.0 Å². The lowest BCUT2D eigenvalue weighted by molar-refractivity contribution is -0.385. The molecule has 0 aromatic carbocycles. The van der Waals surface area contributed by atoms with E-state index in [0.29, 0.717) is 0 Å². The van der Waals surface area contributed by atoms with Gasteiger partial charge in [-0.3, -0.25) is 19.7 Å². The highest BCUT2D eigenvalue weighted by atomic mass is 35.5. The lowest BCUT2D eigenvalue weighted by Gasteiger charge is -2.22. The number of hydrogen-bond acceptors (Lipinski definition) is 7. The van der Waals surface area contributed by atoms with Crippen LogP contribution in [0.1, 0.15) is 38.5 Å². The van der Waals surface area contributed by atoms with Crippen LogP contribution in [0.25, 0.3) is 0 Å². The predicted molar refractivity (Wildman–Crippen MR) is 81.2 cm³/mol. The maximum atomic E-state index is 12.3. The Balaban J connectivity index is 3.30. The summed E-state index contributed by atoms with van der Waals surface area (Å²) < 4.78 is 10.1. The summed E-state index contributed by atoms with van der Waals surface area (Å²) >= 11 is 6.56. The summed E-state index contributed by atoms with van der Waals surface area (Å²) in [5.74, 6) is -3.34. The number of thiophene rings is 1. The van der Waals surface area contributed by atoms with Gasteiger partial charge in [0.1, 0.15) is 14.8 Å². The highest BCUT2D eigenvalue weighted by Gasteiger charge is 2.40. The molecule has 0 spiro atoms. The molecule has 0 aliphatic rings. The lowest BCUT2D eigenvalue weighted by Crippen LogP contribution is -2.32. The predicted octanol–water partition coefficient (Wildman–Crippen LogP) is 3.30. The summed E-state index contributed by atoms with van der Waals surface area (Å²) in [6.07, 6.45) is 0.